The second-order valence-electron chi connectivity index (χ2n) is 6.97. The van der Waals surface area contributed by atoms with Crippen LogP contribution in [0.15, 0.2) is 0 Å². The molecule has 0 aromatic carbocycles. The van der Waals surface area contributed by atoms with Crippen LogP contribution >= 0.6 is 0 Å². The van der Waals surface area contributed by atoms with E-state index in [2.05, 4.69) is 19.2 Å². The van der Waals surface area contributed by atoms with Crippen molar-refractivity contribution >= 4 is 6.03 Å². The highest BCUT2D eigenvalue weighted by Gasteiger charge is 2.30. The summed E-state index contributed by atoms with van der Waals surface area (Å²) in [4.78, 5) is 13.9. The molecule has 0 bridgehead atoms. The lowest BCUT2D eigenvalue weighted by molar-refractivity contribution is 0.151. The Balaban J connectivity index is 1.72. The monoisotopic (exact) mass is 268 g/mol. The smallest absolute Gasteiger partial charge is 0.317 e. The molecule has 2 aliphatic rings. The van der Waals surface area contributed by atoms with E-state index >= 15 is 0 Å². The van der Waals surface area contributed by atoms with Gasteiger partial charge < -0.3 is 15.3 Å². The van der Waals surface area contributed by atoms with Crippen LogP contribution in [0.4, 0.5) is 4.79 Å². The fourth-order valence-corrected chi connectivity index (χ4v) is 3.29. The van der Waals surface area contributed by atoms with Gasteiger partial charge in [-0.05, 0) is 49.9 Å². The summed E-state index contributed by atoms with van der Waals surface area (Å²) in [5, 5.41) is 12.3. The number of hydrogen-bond donors (Lipinski definition) is 2. The van der Waals surface area contributed by atoms with E-state index in [0.717, 1.165) is 25.9 Å². The molecule has 0 radical (unpaired) electrons. The number of aliphatic hydroxyl groups is 1. The van der Waals surface area contributed by atoms with E-state index in [1.165, 1.54) is 25.7 Å². The summed E-state index contributed by atoms with van der Waals surface area (Å²) in [6.45, 7) is 6.33. The maximum Gasteiger partial charge on any atom is 0.317 e. The molecular weight excluding hydrogens is 240 g/mol. The van der Waals surface area contributed by atoms with Gasteiger partial charge in [0.15, 0.2) is 0 Å². The molecular formula is C15H28N2O2. The lowest BCUT2D eigenvalue weighted by Crippen LogP contribution is -2.45. The molecule has 1 aliphatic heterocycles. The molecule has 19 heavy (non-hydrogen) atoms. The molecule has 0 aromatic rings. The van der Waals surface area contributed by atoms with Gasteiger partial charge in [0, 0.05) is 13.1 Å². The lowest BCUT2D eigenvalue weighted by Gasteiger charge is -2.34. The maximum atomic E-state index is 12.1. The standard InChI is InChI=1S/C15H28N2O2/c1-15(2)7-5-12(6-8-15)10-16-14(19)17-9-3-4-13(17)11-18/h12-13,18H,3-11H2,1-2H3,(H,16,19)/t13-/m1/s1. The Labute approximate surface area is 116 Å². The number of carbonyl (C=O) groups is 1. The van der Waals surface area contributed by atoms with Crippen LogP contribution in [0.25, 0.3) is 0 Å². The lowest BCUT2D eigenvalue weighted by atomic mass is 9.73. The third kappa shape index (κ3) is 3.85. The van der Waals surface area contributed by atoms with Crippen molar-refractivity contribution in [2.45, 2.75) is 58.4 Å². The SMILES string of the molecule is CC1(C)CCC(CNC(=O)N2CCC[C@@H]2CO)CC1. The predicted octanol–water partition coefficient (Wildman–Crippen LogP) is 2.37. The van der Waals surface area contributed by atoms with Gasteiger partial charge in [-0.25, -0.2) is 4.79 Å². The normalized spacial score (nSPS) is 27.5. The van der Waals surface area contributed by atoms with Crippen LogP contribution in [0.1, 0.15) is 52.4 Å². The third-order valence-corrected chi connectivity index (χ3v) is 4.85. The van der Waals surface area contributed by atoms with Crippen molar-refractivity contribution in [2.24, 2.45) is 11.3 Å². The molecule has 1 heterocycles. The summed E-state index contributed by atoms with van der Waals surface area (Å²) in [6, 6.07) is 0.0478. The van der Waals surface area contributed by atoms with Crippen LogP contribution in [0.3, 0.4) is 0 Å². The van der Waals surface area contributed by atoms with E-state index in [1.807, 2.05) is 0 Å². The van der Waals surface area contributed by atoms with Crippen molar-refractivity contribution < 1.29 is 9.90 Å². The number of amides is 2. The summed E-state index contributed by atoms with van der Waals surface area (Å²) in [5.74, 6) is 0.632. The average Bonchev–Trinajstić information content (AvgIpc) is 2.85. The molecule has 1 aliphatic carbocycles. The van der Waals surface area contributed by atoms with Crippen LogP contribution in [-0.4, -0.2) is 41.8 Å². The minimum absolute atomic E-state index is 0.0152. The fraction of sp³-hybridized carbons (Fsp3) is 0.933. The van der Waals surface area contributed by atoms with Gasteiger partial charge in [0.25, 0.3) is 0 Å². The van der Waals surface area contributed by atoms with Crippen LogP contribution < -0.4 is 5.32 Å². The molecule has 0 unspecified atom stereocenters. The Kier molecular flexibility index (Phi) is 4.71. The molecule has 1 saturated carbocycles. The molecule has 0 spiro atoms. The number of rotatable bonds is 3. The summed E-state index contributed by atoms with van der Waals surface area (Å²) < 4.78 is 0. The highest BCUT2D eigenvalue weighted by atomic mass is 16.3. The van der Waals surface area contributed by atoms with Crippen molar-refractivity contribution in [2.75, 3.05) is 19.7 Å². The number of urea groups is 1. The summed E-state index contributed by atoms with van der Waals surface area (Å²) >= 11 is 0. The minimum atomic E-state index is 0.0152. The summed E-state index contributed by atoms with van der Waals surface area (Å²) in [6.07, 6.45) is 6.90. The van der Waals surface area contributed by atoms with Gasteiger partial charge >= 0.3 is 6.03 Å². The van der Waals surface area contributed by atoms with E-state index in [1.54, 1.807) is 4.90 Å². The van der Waals surface area contributed by atoms with Crippen molar-refractivity contribution in [3.63, 3.8) is 0 Å². The van der Waals surface area contributed by atoms with E-state index in [4.69, 9.17) is 0 Å². The number of hydrogen-bond acceptors (Lipinski definition) is 2. The number of aliphatic hydroxyl groups excluding tert-OH is 1. The molecule has 2 fully saturated rings. The van der Waals surface area contributed by atoms with Crippen molar-refractivity contribution in [1.82, 2.24) is 10.2 Å². The third-order valence-electron chi connectivity index (χ3n) is 4.85. The molecule has 4 nitrogen and oxygen atoms in total. The van der Waals surface area contributed by atoms with Gasteiger partial charge in [-0.1, -0.05) is 13.8 Å². The van der Waals surface area contributed by atoms with Crippen LogP contribution in [0, 0.1) is 11.3 Å². The average molecular weight is 268 g/mol. The van der Waals surface area contributed by atoms with Crippen molar-refractivity contribution in [1.29, 1.82) is 0 Å². The van der Waals surface area contributed by atoms with Crippen molar-refractivity contribution in [3.05, 3.63) is 0 Å². The Bertz CT molecular complexity index is 307. The van der Waals surface area contributed by atoms with Gasteiger partial charge in [0.05, 0.1) is 12.6 Å². The molecule has 2 N–H and O–H groups in total. The minimum Gasteiger partial charge on any atom is -0.394 e. The maximum absolute atomic E-state index is 12.1. The summed E-state index contributed by atoms with van der Waals surface area (Å²) in [5.41, 5.74) is 0.484. The molecule has 110 valence electrons. The molecule has 2 rings (SSSR count). The van der Waals surface area contributed by atoms with Crippen LogP contribution in [-0.2, 0) is 0 Å². The van der Waals surface area contributed by atoms with Gasteiger partial charge in [-0.15, -0.1) is 0 Å². The largest absolute Gasteiger partial charge is 0.394 e. The number of nitrogens with one attached hydrogen (secondary N) is 1. The van der Waals surface area contributed by atoms with Gasteiger partial charge in [-0.3, -0.25) is 0 Å². The van der Waals surface area contributed by atoms with E-state index < -0.39 is 0 Å². The Hall–Kier alpha value is -0.770. The first-order valence-electron chi connectivity index (χ1n) is 7.67. The van der Waals surface area contributed by atoms with Crippen molar-refractivity contribution in [3.8, 4) is 0 Å². The Morgan fingerprint density at radius 2 is 2.00 bits per heavy atom. The number of nitrogens with zero attached hydrogens (tertiary/aromatic N) is 1. The first-order chi connectivity index (χ1) is 9.02. The number of likely N-dealkylation sites (tertiary alicyclic amines) is 1. The van der Waals surface area contributed by atoms with E-state index in [9.17, 15) is 9.90 Å². The van der Waals surface area contributed by atoms with E-state index in [0.29, 0.717) is 11.3 Å². The zero-order chi connectivity index (χ0) is 13.9. The zero-order valence-corrected chi connectivity index (χ0v) is 12.3. The van der Waals surface area contributed by atoms with Gasteiger partial charge in [-0.2, -0.15) is 0 Å². The first-order valence-corrected chi connectivity index (χ1v) is 7.67. The predicted molar refractivity (Wildman–Crippen MR) is 76.0 cm³/mol. The highest BCUT2D eigenvalue weighted by molar-refractivity contribution is 5.74. The molecule has 4 heteroatoms. The first kappa shape index (κ1) is 14.6. The quantitative estimate of drug-likeness (QED) is 0.825. The Morgan fingerprint density at radius 3 is 2.63 bits per heavy atom. The van der Waals surface area contributed by atoms with Gasteiger partial charge in [0.2, 0.25) is 0 Å². The summed E-state index contributed by atoms with van der Waals surface area (Å²) in [7, 11) is 0. The van der Waals surface area contributed by atoms with Crippen LogP contribution in [0.5, 0.6) is 0 Å². The Morgan fingerprint density at radius 1 is 1.32 bits per heavy atom. The van der Waals surface area contributed by atoms with Crippen LogP contribution in [0.2, 0.25) is 0 Å². The second-order valence-corrected chi connectivity index (χ2v) is 6.97. The highest BCUT2D eigenvalue weighted by Crippen LogP contribution is 2.37. The second kappa shape index (κ2) is 6.12. The van der Waals surface area contributed by atoms with Gasteiger partial charge in [0.1, 0.15) is 0 Å². The molecule has 1 atom stereocenters. The van der Waals surface area contributed by atoms with E-state index in [-0.39, 0.29) is 18.7 Å². The molecule has 1 saturated heterocycles. The molecule has 2 amide bonds. The zero-order valence-electron chi connectivity index (χ0n) is 12.3. The fourth-order valence-electron chi connectivity index (χ4n) is 3.29. The molecule has 0 aromatic heterocycles. The number of carbonyl (C=O) groups excluding carboxylic acids is 1. The topological polar surface area (TPSA) is 52.6 Å².